The van der Waals surface area contributed by atoms with E-state index in [1.165, 1.54) is 22.3 Å². The Morgan fingerprint density at radius 3 is 2.42 bits per heavy atom. The van der Waals surface area contributed by atoms with Crippen LogP contribution in [-0.2, 0) is 6.54 Å². The first-order valence-electron chi connectivity index (χ1n) is 6.52. The summed E-state index contributed by atoms with van der Waals surface area (Å²) in [5, 5.41) is 1.19. The molecule has 3 heteroatoms. The second-order valence-corrected chi connectivity index (χ2v) is 4.92. The summed E-state index contributed by atoms with van der Waals surface area (Å²) >= 11 is 0. The van der Waals surface area contributed by atoms with Crippen LogP contribution in [0.3, 0.4) is 0 Å². The molecule has 0 amide bonds. The number of aromatic nitrogens is 1. The molecule has 1 aromatic carbocycles. The van der Waals surface area contributed by atoms with Gasteiger partial charge in [0.15, 0.2) is 0 Å². The van der Waals surface area contributed by atoms with Gasteiger partial charge in [-0.15, -0.1) is 0 Å². The van der Waals surface area contributed by atoms with E-state index in [-0.39, 0.29) is 0 Å². The fourth-order valence-electron chi connectivity index (χ4n) is 2.52. The van der Waals surface area contributed by atoms with Crippen molar-refractivity contribution >= 4 is 11.0 Å². The van der Waals surface area contributed by atoms with E-state index in [0.29, 0.717) is 0 Å². The van der Waals surface area contributed by atoms with E-state index in [0.717, 1.165) is 17.9 Å². The lowest BCUT2D eigenvalue weighted by molar-refractivity contribution is 0.571. The van der Waals surface area contributed by atoms with Crippen molar-refractivity contribution in [3.63, 3.8) is 0 Å². The normalized spacial score (nSPS) is 11.1. The van der Waals surface area contributed by atoms with Gasteiger partial charge < -0.3 is 9.84 Å². The van der Waals surface area contributed by atoms with Gasteiger partial charge in [0.1, 0.15) is 11.3 Å². The molecular formula is C16H18N2O. The van der Waals surface area contributed by atoms with Crippen molar-refractivity contribution in [3.8, 4) is 0 Å². The van der Waals surface area contributed by atoms with Gasteiger partial charge in [-0.2, -0.15) is 0 Å². The minimum Gasteiger partial charge on any atom is -0.461 e. The highest BCUT2D eigenvalue weighted by Crippen LogP contribution is 2.25. The number of nitrogens with zero attached hydrogens (tertiary/aromatic N) is 1. The van der Waals surface area contributed by atoms with Crippen molar-refractivity contribution < 1.29 is 4.42 Å². The molecule has 3 rings (SSSR count). The van der Waals surface area contributed by atoms with E-state index in [4.69, 9.17) is 4.42 Å². The average Bonchev–Trinajstić information content (AvgIpc) is 2.88. The topological polar surface area (TPSA) is 30.1 Å². The number of benzene rings is 1. The third-order valence-electron chi connectivity index (χ3n) is 3.59. The molecule has 1 N–H and O–H groups in total. The molecule has 0 aliphatic carbocycles. The third-order valence-corrected chi connectivity index (χ3v) is 3.59. The molecule has 0 fully saturated rings. The molecule has 0 saturated carbocycles. The summed E-state index contributed by atoms with van der Waals surface area (Å²) in [6.07, 6.45) is 0. The zero-order valence-electron chi connectivity index (χ0n) is 11.5. The van der Waals surface area contributed by atoms with Gasteiger partial charge in [-0.3, -0.25) is 4.68 Å². The fraction of sp³-hybridized carbons (Fsp3) is 0.250. The van der Waals surface area contributed by atoms with Crippen molar-refractivity contribution in [1.29, 1.82) is 0 Å². The molecule has 3 aromatic rings. The Bertz CT molecular complexity index is 702. The largest absolute Gasteiger partial charge is 0.461 e. The second kappa shape index (κ2) is 4.50. The standard InChI is InChI=1S/C16H18N2O/c1-11-8-9-12(2)18(11)17-10-15-13(3)19-16-7-5-4-6-14(15)16/h4-9,17H,10H2,1-3H3. The van der Waals surface area contributed by atoms with E-state index in [1.54, 1.807) is 0 Å². The van der Waals surface area contributed by atoms with Crippen LogP contribution in [0, 0.1) is 20.8 Å². The van der Waals surface area contributed by atoms with Crippen LogP contribution in [0.15, 0.2) is 40.8 Å². The number of hydrogen-bond acceptors (Lipinski definition) is 2. The molecule has 0 unspecified atom stereocenters. The number of nitrogens with one attached hydrogen (secondary N) is 1. The number of aryl methyl sites for hydroxylation is 3. The van der Waals surface area contributed by atoms with Gasteiger partial charge in [0.2, 0.25) is 0 Å². The van der Waals surface area contributed by atoms with Crippen molar-refractivity contribution in [2.75, 3.05) is 5.43 Å². The van der Waals surface area contributed by atoms with E-state index in [1.807, 2.05) is 25.1 Å². The quantitative estimate of drug-likeness (QED) is 0.768. The first-order valence-corrected chi connectivity index (χ1v) is 6.52. The molecule has 0 spiro atoms. The molecule has 0 radical (unpaired) electrons. The van der Waals surface area contributed by atoms with Gasteiger partial charge in [0, 0.05) is 22.3 Å². The predicted molar refractivity (Wildman–Crippen MR) is 77.9 cm³/mol. The smallest absolute Gasteiger partial charge is 0.134 e. The van der Waals surface area contributed by atoms with Crippen LogP contribution in [0.5, 0.6) is 0 Å². The van der Waals surface area contributed by atoms with Crippen molar-refractivity contribution in [1.82, 2.24) is 4.68 Å². The van der Waals surface area contributed by atoms with Crippen molar-refractivity contribution in [3.05, 3.63) is 59.1 Å². The van der Waals surface area contributed by atoms with E-state index in [9.17, 15) is 0 Å². The highest BCUT2D eigenvalue weighted by atomic mass is 16.3. The van der Waals surface area contributed by atoms with Crippen LogP contribution in [0.1, 0.15) is 22.7 Å². The number of rotatable bonds is 3. The molecule has 0 aliphatic heterocycles. The van der Waals surface area contributed by atoms with Gasteiger partial charge in [-0.05, 0) is 39.0 Å². The Labute approximate surface area is 112 Å². The molecule has 0 bridgehead atoms. The maximum absolute atomic E-state index is 5.78. The van der Waals surface area contributed by atoms with Crippen molar-refractivity contribution in [2.45, 2.75) is 27.3 Å². The monoisotopic (exact) mass is 254 g/mol. The van der Waals surface area contributed by atoms with Gasteiger partial charge in [-0.1, -0.05) is 18.2 Å². The Kier molecular flexibility index (Phi) is 2.82. The summed E-state index contributed by atoms with van der Waals surface area (Å²) in [5.74, 6) is 0.983. The zero-order chi connectivity index (χ0) is 13.4. The lowest BCUT2D eigenvalue weighted by atomic mass is 10.1. The van der Waals surface area contributed by atoms with Gasteiger partial charge in [0.05, 0.1) is 6.54 Å². The SMILES string of the molecule is Cc1oc2ccccc2c1CNn1c(C)ccc1C. The van der Waals surface area contributed by atoms with Gasteiger partial charge in [-0.25, -0.2) is 0 Å². The number of fused-ring (bicyclic) bond motifs is 1. The molecule has 98 valence electrons. The van der Waals surface area contributed by atoms with E-state index in [2.05, 4.69) is 42.1 Å². The van der Waals surface area contributed by atoms with E-state index < -0.39 is 0 Å². The number of para-hydroxylation sites is 1. The molecule has 0 atom stereocenters. The van der Waals surface area contributed by atoms with Crippen LogP contribution in [0.25, 0.3) is 11.0 Å². The summed E-state index contributed by atoms with van der Waals surface area (Å²) in [6, 6.07) is 12.4. The number of hydrogen-bond donors (Lipinski definition) is 1. The van der Waals surface area contributed by atoms with Crippen molar-refractivity contribution in [2.24, 2.45) is 0 Å². The minimum atomic E-state index is 0.763. The summed E-state index contributed by atoms with van der Waals surface area (Å²) in [5.41, 5.74) is 8.06. The first kappa shape index (κ1) is 11.9. The van der Waals surface area contributed by atoms with Crippen LogP contribution < -0.4 is 5.43 Å². The van der Waals surface area contributed by atoms with Gasteiger partial charge >= 0.3 is 0 Å². The predicted octanol–water partition coefficient (Wildman–Crippen LogP) is 3.90. The molecule has 3 nitrogen and oxygen atoms in total. The molecule has 2 heterocycles. The summed E-state index contributed by atoms with van der Waals surface area (Å²) in [6.45, 7) is 6.98. The van der Waals surface area contributed by atoms with E-state index >= 15 is 0 Å². The highest BCUT2D eigenvalue weighted by molar-refractivity contribution is 5.82. The summed E-state index contributed by atoms with van der Waals surface area (Å²) in [4.78, 5) is 0. The summed E-state index contributed by atoms with van der Waals surface area (Å²) < 4.78 is 7.89. The number of furan rings is 1. The highest BCUT2D eigenvalue weighted by Gasteiger charge is 2.10. The molecule has 2 aromatic heterocycles. The maximum Gasteiger partial charge on any atom is 0.134 e. The average molecular weight is 254 g/mol. The molecule has 0 aliphatic rings. The Hall–Kier alpha value is -2.16. The van der Waals surface area contributed by atoms with Crippen LogP contribution >= 0.6 is 0 Å². The molecular weight excluding hydrogens is 236 g/mol. The lowest BCUT2D eigenvalue weighted by Gasteiger charge is -2.12. The molecule has 19 heavy (non-hydrogen) atoms. The Balaban J connectivity index is 1.92. The first-order chi connectivity index (χ1) is 9.16. The van der Waals surface area contributed by atoms with Gasteiger partial charge in [0.25, 0.3) is 0 Å². The maximum atomic E-state index is 5.78. The summed E-state index contributed by atoms with van der Waals surface area (Å²) in [7, 11) is 0. The van der Waals surface area contributed by atoms with Crippen LogP contribution in [-0.4, -0.2) is 4.68 Å². The second-order valence-electron chi connectivity index (χ2n) is 4.92. The zero-order valence-corrected chi connectivity index (χ0v) is 11.5. The molecule has 0 saturated heterocycles. The Morgan fingerprint density at radius 2 is 1.68 bits per heavy atom. The van der Waals surface area contributed by atoms with Crippen LogP contribution in [0.2, 0.25) is 0 Å². The van der Waals surface area contributed by atoms with Crippen LogP contribution in [0.4, 0.5) is 0 Å². The Morgan fingerprint density at radius 1 is 1.00 bits per heavy atom. The minimum absolute atomic E-state index is 0.763. The third kappa shape index (κ3) is 2.01. The fourth-order valence-corrected chi connectivity index (χ4v) is 2.52. The lowest BCUT2D eigenvalue weighted by Crippen LogP contribution is -2.17.